The maximum atomic E-state index is 5.66. The van der Waals surface area contributed by atoms with E-state index in [-0.39, 0.29) is 0 Å². The Morgan fingerprint density at radius 1 is 0.266 bits per heavy atom. The zero-order chi connectivity index (χ0) is 41.9. The molecule has 0 aliphatic heterocycles. The van der Waals surface area contributed by atoms with Gasteiger partial charge >= 0.3 is 0 Å². The van der Waals surface area contributed by atoms with Crippen LogP contribution in [0.2, 0.25) is 0 Å². The molecule has 0 aliphatic rings. The van der Waals surface area contributed by atoms with Gasteiger partial charge in [-0.25, -0.2) is 4.98 Å². The number of fused-ring (bicyclic) bond motifs is 12. The second-order valence-corrected chi connectivity index (χ2v) is 16.6. The number of benzene rings is 9. The molecule has 298 valence electrons. The lowest BCUT2D eigenvalue weighted by Crippen LogP contribution is -2.08. The second kappa shape index (κ2) is 13.4. The Labute approximate surface area is 366 Å². The maximum absolute atomic E-state index is 5.66. The minimum Gasteiger partial charge on any atom is -0.309 e. The van der Waals surface area contributed by atoms with E-state index in [9.17, 15) is 0 Å². The van der Waals surface area contributed by atoms with Crippen molar-refractivity contribution in [1.29, 1.82) is 0 Å². The van der Waals surface area contributed by atoms with E-state index in [1.54, 1.807) is 0 Å². The van der Waals surface area contributed by atoms with E-state index in [2.05, 4.69) is 237 Å². The Morgan fingerprint density at radius 3 is 0.984 bits per heavy atom. The van der Waals surface area contributed by atoms with Crippen LogP contribution in [0.5, 0.6) is 0 Å². The molecule has 0 spiro atoms. The standard InChI is InChI=1S/C58H36N6/c1-9-25-48-38(17-1)39-18-2-10-26-49(39)61(48)37-33-34-46(56(35-37)62-50-27-11-3-19-40(50)41-20-4-12-28-51(41)62)47-36-57(63-52-29-13-5-21-42(52)43-22-6-14-30-53(43)63)60-58(59-47)64-54-31-15-7-23-44(54)45-24-8-16-32-55(45)64/h1-36H. The molecule has 0 unspecified atom stereocenters. The van der Waals surface area contributed by atoms with Crippen LogP contribution in [0.4, 0.5) is 0 Å². The highest BCUT2D eigenvalue weighted by Crippen LogP contribution is 2.41. The van der Waals surface area contributed by atoms with Crippen molar-refractivity contribution in [2.24, 2.45) is 0 Å². The van der Waals surface area contributed by atoms with Crippen LogP contribution < -0.4 is 0 Å². The van der Waals surface area contributed by atoms with Gasteiger partial charge in [-0.2, -0.15) is 4.98 Å². The van der Waals surface area contributed by atoms with E-state index >= 15 is 0 Å². The van der Waals surface area contributed by atoms with Gasteiger partial charge in [0.15, 0.2) is 0 Å². The lowest BCUT2D eigenvalue weighted by molar-refractivity contribution is 0.951. The highest BCUT2D eigenvalue weighted by Gasteiger charge is 2.23. The summed E-state index contributed by atoms with van der Waals surface area (Å²) in [5.41, 5.74) is 12.8. The van der Waals surface area contributed by atoms with Gasteiger partial charge in [0.25, 0.3) is 0 Å². The van der Waals surface area contributed by atoms with Crippen molar-refractivity contribution in [3.8, 4) is 34.4 Å². The first-order chi connectivity index (χ1) is 31.8. The van der Waals surface area contributed by atoms with Gasteiger partial charge in [0, 0.05) is 60.4 Å². The summed E-state index contributed by atoms with van der Waals surface area (Å²) in [6.07, 6.45) is 0. The Balaban J connectivity index is 1.13. The van der Waals surface area contributed by atoms with E-state index in [0.29, 0.717) is 5.95 Å². The predicted octanol–water partition coefficient (Wildman–Crippen LogP) is 14.5. The molecule has 0 saturated heterocycles. The first-order valence-corrected chi connectivity index (χ1v) is 21.8. The smallest absolute Gasteiger partial charge is 0.237 e. The molecule has 0 fully saturated rings. The summed E-state index contributed by atoms with van der Waals surface area (Å²) < 4.78 is 9.37. The van der Waals surface area contributed by atoms with Crippen molar-refractivity contribution in [3.63, 3.8) is 0 Å². The van der Waals surface area contributed by atoms with Crippen molar-refractivity contribution in [3.05, 3.63) is 218 Å². The highest BCUT2D eigenvalue weighted by molar-refractivity contribution is 6.12. The zero-order valence-electron chi connectivity index (χ0n) is 34.5. The Hall–Kier alpha value is -8.74. The van der Waals surface area contributed by atoms with Gasteiger partial charge in [0.1, 0.15) is 5.82 Å². The second-order valence-electron chi connectivity index (χ2n) is 16.6. The minimum absolute atomic E-state index is 0.603. The average molecular weight is 817 g/mol. The monoisotopic (exact) mass is 816 g/mol. The van der Waals surface area contributed by atoms with E-state index in [0.717, 1.165) is 83.4 Å². The lowest BCUT2D eigenvalue weighted by Gasteiger charge is -2.19. The topological polar surface area (TPSA) is 45.5 Å². The molecule has 0 radical (unpaired) electrons. The van der Waals surface area contributed by atoms with Crippen LogP contribution in [0.3, 0.4) is 0 Å². The van der Waals surface area contributed by atoms with Crippen LogP contribution in [-0.4, -0.2) is 28.2 Å². The fourth-order valence-corrected chi connectivity index (χ4v) is 10.5. The molecule has 0 aliphatic carbocycles. The predicted molar refractivity (Wildman–Crippen MR) is 265 cm³/mol. The number of nitrogens with zero attached hydrogens (tertiary/aromatic N) is 6. The van der Waals surface area contributed by atoms with Gasteiger partial charge in [0.05, 0.1) is 55.5 Å². The largest absolute Gasteiger partial charge is 0.309 e. The fourth-order valence-electron chi connectivity index (χ4n) is 10.5. The van der Waals surface area contributed by atoms with Crippen LogP contribution in [0.1, 0.15) is 0 Å². The molecule has 5 aromatic heterocycles. The summed E-state index contributed by atoms with van der Waals surface area (Å²) in [4.78, 5) is 11.2. The maximum Gasteiger partial charge on any atom is 0.237 e. The molecule has 6 heteroatoms. The molecule has 0 amide bonds. The number of aromatic nitrogens is 6. The third-order valence-electron chi connectivity index (χ3n) is 13.2. The van der Waals surface area contributed by atoms with Gasteiger partial charge in [-0.15, -0.1) is 0 Å². The van der Waals surface area contributed by atoms with Crippen molar-refractivity contribution in [1.82, 2.24) is 28.2 Å². The van der Waals surface area contributed by atoms with Crippen LogP contribution in [0, 0.1) is 0 Å². The molecule has 5 heterocycles. The number of para-hydroxylation sites is 8. The summed E-state index contributed by atoms with van der Waals surface area (Å²) >= 11 is 0. The molecular formula is C58H36N6. The van der Waals surface area contributed by atoms with Crippen LogP contribution >= 0.6 is 0 Å². The number of hydrogen-bond acceptors (Lipinski definition) is 2. The molecule has 0 N–H and O–H groups in total. The van der Waals surface area contributed by atoms with Crippen LogP contribution in [-0.2, 0) is 0 Å². The molecular weight excluding hydrogens is 781 g/mol. The lowest BCUT2D eigenvalue weighted by atomic mass is 10.1. The number of hydrogen-bond donors (Lipinski definition) is 0. The van der Waals surface area contributed by atoms with Crippen molar-refractivity contribution >= 4 is 87.2 Å². The van der Waals surface area contributed by atoms with E-state index in [1.807, 2.05) is 0 Å². The SMILES string of the molecule is c1ccc2c(c1)c1ccccc1n2-c1ccc(-c2cc(-n3c4ccccc4c4ccccc43)nc(-n3c4ccccc4c4ccccc43)n2)c(-n2c3ccccc3c3ccccc32)c1. The average Bonchev–Trinajstić information content (AvgIpc) is 4.09. The molecule has 0 atom stereocenters. The minimum atomic E-state index is 0.603. The Bertz CT molecular complexity index is 3870. The molecule has 64 heavy (non-hydrogen) atoms. The van der Waals surface area contributed by atoms with Crippen molar-refractivity contribution < 1.29 is 0 Å². The van der Waals surface area contributed by atoms with E-state index in [1.165, 1.54) is 32.3 Å². The van der Waals surface area contributed by atoms with Crippen LogP contribution in [0.25, 0.3) is 122 Å². The quantitative estimate of drug-likeness (QED) is 0.174. The third-order valence-corrected chi connectivity index (χ3v) is 13.2. The Morgan fingerprint density at radius 2 is 0.594 bits per heavy atom. The highest BCUT2D eigenvalue weighted by atomic mass is 15.2. The van der Waals surface area contributed by atoms with Crippen molar-refractivity contribution in [2.75, 3.05) is 0 Å². The molecule has 9 aromatic carbocycles. The number of rotatable bonds is 5. The summed E-state index contributed by atoms with van der Waals surface area (Å²) in [6.45, 7) is 0. The fraction of sp³-hybridized carbons (Fsp3) is 0. The molecule has 0 bridgehead atoms. The van der Waals surface area contributed by atoms with Crippen LogP contribution in [0.15, 0.2) is 218 Å². The summed E-state index contributed by atoms with van der Waals surface area (Å²) in [5.74, 6) is 1.39. The zero-order valence-corrected chi connectivity index (χ0v) is 34.5. The van der Waals surface area contributed by atoms with Gasteiger partial charge in [0.2, 0.25) is 5.95 Å². The van der Waals surface area contributed by atoms with Gasteiger partial charge in [-0.1, -0.05) is 146 Å². The molecule has 0 saturated carbocycles. The first kappa shape index (κ1) is 34.9. The normalized spacial score (nSPS) is 12.1. The van der Waals surface area contributed by atoms with E-state index in [4.69, 9.17) is 9.97 Å². The first-order valence-electron chi connectivity index (χ1n) is 21.8. The Kier molecular flexibility index (Phi) is 7.30. The van der Waals surface area contributed by atoms with Gasteiger partial charge in [-0.05, 0) is 66.7 Å². The summed E-state index contributed by atoms with van der Waals surface area (Å²) in [7, 11) is 0. The molecule has 6 nitrogen and oxygen atoms in total. The summed E-state index contributed by atoms with van der Waals surface area (Å²) in [6, 6.07) is 78.4. The molecule has 14 aromatic rings. The van der Waals surface area contributed by atoms with E-state index < -0.39 is 0 Å². The third kappa shape index (κ3) is 4.90. The van der Waals surface area contributed by atoms with Gasteiger partial charge in [-0.3, -0.25) is 9.13 Å². The van der Waals surface area contributed by atoms with Crippen molar-refractivity contribution in [2.45, 2.75) is 0 Å². The van der Waals surface area contributed by atoms with Gasteiger partial charge < -0.3 is 9.13 Å². The summed E-state index contributed by atoms with van der Waals surface area (Å²) in [5, 5.41) is 9.53. The molecule has 14 rings (SSSR count).